The number of carbonyl (C=O) groups is 2. The molecular weight excluding hydrogens is 316 g/mol. The summed E-state index contributed by atoms with van der Waals surface area (Å²) in [5, 5.41) is 2.99. The summed E-state index contributed by atoms with van der Waals surface area (Å²) in [6.07, 6.45) is 3.77. The van der Waals surface area contributed by atoms with Crippen LogP contribution in [0.4, 0.5) is 0 Å². The van der Waals surface area contributed by atoms with Gasteiger partial charge in [0.25, 0.3) is 5.91 Å². The van der Waals surface area contributed by atoms with Gasteiger partial charge in [0.05, 0.1) is 17.4 Å². The predicted molar refractivity (Wildman–Crippen MR) is 97.2 cm³/mol. The Kier molecular flexibility index (Phi) is 5.06. The number of benzene rings is 1. The molecule has 1 aliphatic heterocycles. The van der Waals surface area contributed by atoms with Crippen molar-refractivity contribution in [1.82, 2.24) is 19.8 Å². The smallest absolute Gasteiger partial charge is 0.253 e. The Morgan fingerprint density at radius 3 is 2.92 bits per heavy atom. The highest BCUT2D eigenvalue weighted by Crippen LogP contribution is 2.20. The Hall–Kier alpha value is -2.37. The van der Waals surface area contributed by atoms with E-state index < -0.39 is 0 Å². The van der Waals surface area contributed by atoms with Gasteiger partial charge in [0, 0.05) is 38.2 Å². The number of rotatable bonds is 4. The van der Waals surface area contributed by atoms with Gasteiger partial charge < -0.3 is 14.8 Å². The molecule has 1 aromatic carbocycles. The van der Waals surface area contributed by atoms with Crippen LogP contribution in [0.15, 0.2) is 24.5 Å². The normalized spacial score (nSPS) is 17.9. The summed E-state index contributed by atoms with van der Waals surface area (Å²) in [4.78, 5) is 30.8. The minimum absolute atomic E-state index is 0.00794. The first kappa shape index (κ1) is 17.5. The van der Waals surface area contributed by atoms with Crippen LogP contribution in [-0.2, 0) is 11.8 Å². The fourth-order valence-corrected chi connectivity index (χ4v) is 3.32. The van der Waals surface area contributed by atoms with E-state index in [4.69, 9.17) is 0 Å². The number of fused-ring (bicyclic) bond motifs is 1. The van der Waals surface area contributed by atoms with Gasteiger partial charge in [0.15, 0.2) is 0 Å². The summed E-state index contributed by atoms with van der Waals surface area (Å²) >= 11 is 0. The molecule has 1 fully saturated rings. The topological polar surface area (TPSA) is 67.2 Å². The molecule has 2 amide bonds. The Morgan fingerprint density at radius 2 is 2.16 bits per heavy atom. The number of hydrogen-bond acceptors (Lipinski definition) is 3. The van der Waals surface area contributed by atoms with Crippen molar-refractivity contribution < 1.29 is 9.59 Å². The highest BCUT2D eigenvalue weighted by Gasteiger charge is 2.25. The van der Waals surface area contributed by atoms with Gasteiger partial charge in [-0.05, 0) is 37.0 Å². The van der Waals surface area contributed by atoms with E-state index in [1.54, 1.807) is 6.33 Å². The number of piperidine rings is 1. The zero-order chi connectivity index (χ0) is 18.0. The number of hydrogen-bond donors (Lipinski definition) is 1. The third-order valence-corrected chi connectivity index (χ3v) is 4.87. The van der Waals surface area contributed by atoms with Crippen molar-refractivity contribution in [1.29, 1.82) is 0 Å². The van der Waals surface area contributed by atoms with Crippen LogP contribution in [0.2, 0.25) is 0 Å². The molecule has 1 unspecified atom stereocenters. The molecule has 1 atom stereocenters. The molecule has 6 nitrogen and oxygen atoms in total. The molecule has 1 aliphatic rings. The van der Waals surface area contributed by atoms with Gasteiger partial charge in [-0.25, -0.2) is 4.98 Å². The summed E-state index contributed by atoms with van der Waals surface area (Å²) in [6.45, 7) is 5.88. The van der Waals surface area contributed by atoms with Gasteiger partial charge in [-0.3, -0.25) is 9.59 Å². The third kappa shape index (κ3) is 3.83. The summed E-state index contributed by atoms with van der Waals surface area (Å²) in [5.41, 5.74) is 2.54. The highest BCUT2D eigenvalue weighted by molar-refractivity contribution is 5.97. The first-order valence-electron chi connectivity index (χ1n) is 8.93. The van der Waals surface area contributed by atoms with Crippen molar-refractivity contribution in [2.24, 2.45) is 18.9 Å². The van der Waals surface area contributed by atoms with Crippen LogP contribution in [0.3, 0.4) is 0 Å². The molecule has 2 aromatic rings. The predicted octanol–water partition coefficient (Wildman–Crippen LogP) is 2.20. The second-order valence-corrected chi connectivity index (χ2v) is 7.22. The van der Waals surface area contributed by atoms with Crippen molar-refractivity contribution in [3.05, 3.63) is 30.1 Å². The number of aromatic nitrogens is 2. The van der Waals surface area contributed by atoms with Crippen molar-refractivity contribution >= 4 is 22.8 Å². The molecule has 0 spiro atoms. The SMILES string of the molecule is CC(C)C(=O)NCC1CCCN(C(=O)c2ccc3c(c2)ncn3C)C1. The van der Waals surface area contributed by atoms with Gasteiger partial charge in [-0.1, -0.05) is 13.8 Å². The summed E-state index contributed by atoms with van der Waals surface area (Å²) in [6, 6.07) is 5.68. The standard InChI is InChI=1S/C19H26N4O2/c1-13(2)18(24)20-10-14-5-4-8-23(11-14)19(25)15-6-7-17-16(9-15)21-12-22(17)3/h6-7,9,12-14H,4-5,8,10-11H2,1-3H3,(H,20,24). The Morgan fingerprint density at radius 1 is 1.36 bits per heavy atom. The van der Waals surface area contributed by atoms with Gasteiger partial charge in [-0.15, -0.1) is 0 Å². The van der Waals surface area contributed by atoms with E-state index in [1.165, 1.54) is 0 Å². The molecule has 1 aromatic heterocycles. The lowest BCUT2D eigenvalue weighted by Gasteiger charge is -2.33. The van der Waals surface area contributed by atoms with E-state index in [-0.39, 0.29) is 17.7 Å². The van der Waals surface area contributed by atoms with Gasteiger partial charge in [0.1, 0.15) is 0 Å². The quantitative estimate of drug-likeness (QED) is 0.926. The maximum Gasteiger partial charge on any atom is 0.253 e. The van der Waals surface area contributed by atoms with E-state index >= 15 is 0 Å². The highest BCUT2D eigenvalue weighted by atomic mass is 16.2. The van der Waals surface area contributed by atoms with Gasteiger partial charge in [0.2, 0.25) is 5.91 Å². The molecule has 0 saturated carbocycles. The third-order valence-electron chi connectivity index (χ3n) is 4.87. The number of amides is 2. The molecule has 6 heteroatoms. The fourth-order valence-electron chi connectivity index (χ4n) is 3.32. The van der Waals surface area contributed by atoms with E-state index in [0.717, 1.165) is 30.4 Å². The number of aryl methyl sites for hydroxylation is 1. The number of imidazole rings is 1. The van der Waals surface area contributed by atoms with E-state index in [1.807, 2.05) is 48.6 Å². The van der Waals surface area contributed by atoms with E-state index in [2.05, 4.69) is 10.3 Å². The van der Waals surface area contributed by atoms with Crippen LogP contribution in [0.25, 0.3) is 11.0 Å². The lowest BCUT2D eigenvalue weighted by Crippen LogP contribution is -2.44. The van der Waals surface area contributed by atoms with Crippen LogP contribution in [-0.4, -0.2) is 45.9 Å². The average Bonchev–Trinajstić information content (AvgIpc) is 2.99. The Labute approximate surface area is 148 Å². The number of nitrogens with one attached hydrogen (secondary N) is 1. The average molecular weight is 342 g/mol. The minimum atomic E-state index is -0.00794. The second kappa shape index (κ2) is 7.25. The molecule has 0 radical (unpaired) electrons. The molecule has 0 bridgehead atoms. The largest absolute Gasteiger partial charge is 0.356 e. The van der Waals surface area contributed by atoms with Crippen molar-refractivity contribution in [2.75, 3.05) is 19.6 Å². The van der Waals surface area contributed by atoms with Crippen LogP contribution >= 0.6 is 0 Å². The molecule has 1 N–H and O–H groups in total. The van der Waals surface area contributed by atoms with Crippen LogP contribution in [0.5, 0.6) is 0 Å². The lowest BCUT2D eigenvalue weighted by atomic mass is 9.97. The number of likely N-dealkylation sites (tertiary alicyclic amines) is 1. The van der Waals surface area contributed by atoms with E-state index in [9.17, 15) is 9.59 Å². The minimum Gasteiger partial charge on any atom is -0.356 e. The Balaban J connectivity index is 1.65. The summed E-state index contributed by atoms with van der Waals surface area (Å²) in [7, 11) is 1.94. The van der Waals surface area contributed by atoms with Crippen LogP contribution in [0, 0.1) is 11.8 Å². The summed E-state index contributed by atoms with van der Waals surface area (Å²) < 4.78 is 1.94. The maximum atomic E-state index is 12.8. The van der Waals surface area contributed by atoms with Crippen molar-refractivity contribution in [3.63, 3.8) is 0 Å². The Bertz CT molecular complexity index is 781. The zero-order valence-corrected chi connectivity index (χ0v) is 15.2. The van der Waals surface area contributed by atoms with Crippen molar-refractivity contribution in [2.45, 2.75) is 26.7 Å². The molecule has 2 heterocycles. The maximum absolute atomic E-state index is 12.8. The number of nitrogens with zero attached hydrogens (tertiary/aromatic N) is 3. The zero-order valence-electron chi connectivity index (χ0n) is 15.2. The van der Waals surface area contributed by atoms with Crippen LogP contribution < -0.4 is 5.32 Å². The second-order valence-electron chi connectivity index (χ2n) is 7.22. The molecule has 3 rings (SSSR count). The first-order chi connectivity index (χ1) is 12.0. The molecule has 1 saturated heterocycles. The van der Waals surface area contributed by atoms with Gasteiger partial charge >= 0.3 is 0 Å². The molecule has 134 valence electrons. The first-order valence-corrected chi connectivity index (χ1v) is 8.93. The monoisotopic (exact) mass is 342 g/mol. The number of carbonyl (C=O) groups excluding carboxylic acids is 2. The van der Waals surface area contributed by atoms with Crippen molar-refractivity contribution in [3.8, 4) is 0 Å². The molecular formula is C19H26N4O2. The van der Waals surface area contributed by atoms with Crippen LogP contribution in [0.1, 0.15) is 37.0 Å². The molecule has 0 aliphatic carbocycles. The summed E-state index contributed by atoms with van der Waals surface area (Å²) in [5.74, 6) is 0.432. The fraction of sp³-hybridized carbons (Fsp3) is 0.526. The molecule has 25 heavy (non-hydrogen) atoms. The van der Waals surface area contributed by atoms with Gasteiger partial charge in [-0.2, -0.15) is 0 Å². The lowest BCUT2D eigenvalue weighted by molar-refractivity contribution is -0.124. The van der Waals surface area contributed by atoms with E-state index in [0.29, 0.717) is 24.6 Å².